The van der Waals surface area contributed by atoms with Crippen LogP contribution >= 0.6 is 0 Å². The van der Waals surface area contributed by atoms with Crippen LogP contribution in [0.15, 0.2) is 42.5 Å². The van der Waals surface area contributed by atoms with Gasteiger partial charge in [0.05, 0.1) is 5.57 Å². The summed E-state index contributed by atoms with van der Waals surface area (Å²) >= 11 is 0. The van der Waals surface area contributed by atoms with Gasteiger partial charge in [-0.2, -0.15) is 0 Å². The van der Waals surface area contributed by atoms with Gasteiger partial charge in [-0.25, -0.2) is 4.79 Å². The van der Waals surface area contributed by atoms with E-state index in [0.29, 0.717) is 5.56 Å². The van der Waals surface area contributed by atoms with Crippen molar-refractivity contribution in [3.63, 3.8) is 0 Å². The SMILES string of the molecule is Cc1cc(C)cc(/C=C(\C(=O)O)c2ccc([O-])cc2)c1. The van der Waals surface area contributed by atoms with Gasteiger partial charge < -0.3 is 10.2 Å². The molecule has 0 fully saturated rings. The van der Waals surface area contributed by atoms with Crippen LogP contribution in [0.4, 0.5) is 0 Å². The molecule has 0 aliphatic rings. The van der Waals surface area contributed by atoms with E-state index in [4.69, 9.17) is 0 Å². The molecule has 3 heteroatoms. The standard InChI is InChI=1S/C17H16O3/c1-11-7-12(2)9-13(8-11)10-16(17(19)20)14-3-5-15(18)6-4-14/h3-10,18H,1-2H3,(H,19,20)/p-1/b16-10-. The van der Waals surface area contributed by atoms with E-state index in [0.717, 1.165) is 16.7 Å². The summed E-state index contributed by atoms with van der Waals surface area (Å²) in [6.45, 7) is 3.94. The molecule has 20 heavy (non-hydrogen) atoms. The van der Waals surface area contributed by atoms with E-state index in [2.05, 4.69) is 0 Å². The summed E-state index contributed by atoms with van der Waals surface area (Å²) in [6, 6.07) is 11.7. The molecule has 1 N–H and O–H groups in total. The Labute approximate surface area is 117 Å². The number of aryl methyl sites for hydroxylation is 2. The van der Waals surface area contributed by atoms with Gasteiger partial charge in [-0.15, -0.1) is 5.75 Å². The molecular weight excluding hydrogens is 252 g/mol. The van der Waals surface area contributed by atoms with Gasteiger partial charge in [0.15, 0.2) is 0 Å². The zero-order valence-corrected chi connectivity index (χ0v) is 11.4. The molecule has 0 saturated heterocycles. The lowest BCUT2D eigenvalue weighted by molar-refractivity contribution is -0.268. The second-order valence-corrected chi connectivity index (χ2v) is 4.81. The molecule has 2 rings (SSSR count). The Bertz CT molecular complexity index is 647. The average Bonchev–Trinajstić information content (AvgIpc) is 2.36. The van der Waals surface area contributed by atoms with E-state index in [1.54, 1.807) is 6.08 Å². The van der Waals surface area contributed by atoms with E-state index in [1.807, 2.05) is 32.0 Å². The summed E-state index contributed by atoms with van der Waals surface area (Å²) < 4.78 is 0. The molecule has 0 heterocycles. The monoisotopic (exact) mass is 267 g/mol. The minimum Gasteiger partial charge on any atom is -0.872 e. The average molecular weight is 267 g/mol. The molecule has 3 nitrogen and oxygen atoms in total. The van der Waals surface area contributed by atoms with Crippen LogP contribution in [0.5, 0.6) is 5.75 Å². The second kappa shape index (κ2) is 5.61. The minimum atomic E-state index is -1.01. The maximum atomic E-state index is 11.4. The lowest BCUT2D eigenvalue weighted by Gasteiger charge is -2.08. The summed E-state index contributed by atoms with van der Waals surface area (Å²) in [7, 11) is 0. The molecule has 0 saturated carbocycles. The van der Waals surface area contributed by atoms with Gasteiger partial charge in [-0.05, 0) is 31.1 Å². The van der Waals surface area contributed by atoms with E-state index in [-0.39, 0.29) is 11.3 Å². The van der Waals surface area contributed by atoms with Gasteiger partial charge in [0.2, 0.25) is 0 Å². The highest BCUT2D eigenvalue weighted by molar-refractivity contribution is 6.20. The highest BCUT2D eigenvalue weighted by Crippen LogP contribution is 2.21. The van der Waals surface area contributed by atoms with Crippen molar-refractivity contribution in [2.24, 2.45) is 0 Å². The Morgan fingerprint density at radius 1 is 1.05 bits per heavy atom. The third-order valence-electron chi connectivity index (χ3n) is 2.95. The van der Waals surface area contributed by atoms with Gasteiger partial charge in [-0.3, -0.25) is 0 Å². The number of hydrogen-bond donors (Lipinski definition) is 1. The first kappa shape index (κ1) is 13.9. The maximum Gasteiger partial charge on any atom is 0.336 e. The van der Waals surface area contributed by atoms with Crippen molar-refractivity contribution in [1.29, 1.82) is 0 Å². The number of hydrogen-bond acceptors (Lipinski definition) is 2. The van der Waals surface area contributed by atoms with E-state index in [1.165, 1.54) is 24.3 Å². The van der Waals surface area contributed by atoms with Crippen LogP contribution in [-0.4, -0.2) is 11.1 Å². The fraction of sp³-hybridized carbons (Fsp3) is 0.118. The Morgan fingerprint density at radius 2 is 1.60 bits per heavy atom. The molecule has 102 valence electrons. The number of rotatable bonds is 3. The molecule has 0 aromatic heterocycles. The predicted molar refractivity (Wildman–Crippen MR) is 77.3 cm³/mol. The molecule has 0 bridgehead atoms. The van der Waals surface area contributed by atoms with Crippen LogP contribution in [0, 0.1) is 13.8 Å². The predicted octanol–water partition coefficient (Wildman–Crippen LogP) is 3.00. The third-order valence-corrected chi connectivity index (χ3v) is 2.95. The molecule has 0 unspecified atom stereocenters. The van der Waals surface area contributed by atoms with Crippen molar-refractivity contribution in [2.75, 3.05) is 0 Å². The first-order chi connectivity index (χ1) is 9.45. The van der Waals surface area contributed by atoms with E-state index < -0.39 is 5.97 Å². The van der Waals surface area contributed by atoms with Gasteiger partial charge in [-0.1, -0.05) is 53.6 Å². The van der Waals surface area contributed by atoms with Crippen LogP contribution in [0.25, 0.3) is 11.6 Å². The van der Waals surface area contributed by atoms with Crippen molar-refractivity contribution < 1.29 is 15.0 Å². The fourth-order valence-electron chi connectivity index (χ4n) is 2.16. The summed E-state index contributed by atoms with van der Waals surface area (Å²) in [4.78, 5) is 11.4. The van der Waals surface area contributed by atoms with Crippen LogP contribution in [0.1, 0.15) is 22.3 Å². The molecule has 0 amide bonds. The zero-order chi connectivity index (χ0) is 14.7. The van der Waals surface area contributed by atoms with Crippen molar-refractivity contribution >= 4 is 17.6 Å². The molecule has 0 aliphatic carbocycles. The van der Waals surface area contributed by atoms with E-state index in [9.17, 15) is 15.0 Å². The minimum absolute atomic E-state index is 0.134. The second-order valence-electron chi connectivity index (χ2n) is 4.81. The van der Waals surface area contributed by atoms with Gasteiger partial charge in [0, 0.05) is 0 Å². The highest BCUT2D eigenvalue weighted by Gasteiger charge is 2.10. The summed E-state index contributed by atoms with van der Waals surface area (Å²) in [5, 5.41) is 20.4. The third kappa shape index (κ3) is 3.26. The number of carboxylic acid groups (broad SMARTS) is 1. The van der Waals surface area contributed by atoms with Crippen molar-refractivity contribution in [2.45, 2.75) is 13.8 Å². The van der Waals surface area contributed by atoms with Gasteiger partial charge in [0.1, 0.15) is 0 Å². The Kier molecular flexibility index (Phi) is 3.89. The molecular formula is C17H15O3-. The molecule has 2 aromatic carbocycles. The van der Waals surface area contributed by atoms with Gasteiger partial charge in [0.25, 0.3) is 0 Å². The number of aliphatic carboxylic acids is 1. The zero-order valence-electron chi connectivity index (χ0n) is 11.4. The Morgan fingerprint density at radius 3 is 2.10 bits per heavy atom. The number of carbonyl (C=O) groups is 1. The highest BCUT2D eigenvalue weighted by atomic mass is 16.4. The topological polar surface area (TPSA) is 60.4 Å². The molecule has 0 spiro atoms. The summed E-state index contributed by atoms with van der Waals surface area (Å²) in [6.07, 6.45) is 1.63. The largest absolute Gasteiger partial charge is 0.872 e. The molecule has 2 aromatic rings. The normalized spacial score (nSPS) is 11.4. The Hall–Kier alpha value is -2.55. The van der Waals surface area contributed by atoms with Crippen LogP contribution in [0.3, 0.4) is 0 Å². The first-order valence-electron chi connectivity index (χ1n) is 6.26. The van der Waals surface area contributed by atoms with Crippen molar-refractivity contribution in [1.82, 2.24) is 0 Å². The fourth-order valence-corrected chi connectivity index (χ4v) is 2.16. The summed E-state index contributed by atoms with van der Waals surface area (Å²) in [5.41, 5.74) is 3.70. The lowest BCUT2D eigenvalue weighted by Crippen LogP contribution is -2.00. The quantitative estimate of drug-likeness (QED) is 0.687. The van der Waals surface area contributed by atoms with Crippen LogP contribution < -0.4 is 5.11 Å². The number of benzene rings is 2. The molecule has 0 aliphatic heterocycles. The first-order valence-corrected chi connectivity index (χ1v) is 6.26. The molecule has 0 radical (unpaired) electrons. The van der Waals surface area contributed by atoms with Gasteiger partial charge >= 0.3 is 5.97 Å². The number of carboxylic acids is 1. The van der Waals surface area contributed by atoms with Crippen molar-refractivity contribution in [3.8, 4) is 5.75 Å². The smallest absolute Gasteiger partial charge is 0.336 e. The van der Waals surface area contributed by atoms with Crippen LogP contribution in [-0.2, 0) is 4.79 Å². The summed E-state index contributed by atoms with van der Waals surface area (Å²) in [5.74, 6) is -1.15. The van der Waals surface area contributed by atoms with Crippen LogP contribution in [0.2, 0.25) is 0 Å². The molecule has 0 atom stereocenters. The van der Waals surface area contributed by atoms with E-state index >= 15 is 0 Å². The Balaban J connectivity index is 2.50. The van der Waals surface area contributed by atoms with Crippen molar-refractivity contribution in [3.05, 3.63) is 64.7 Å². The lowest BCUT2D eigenvalue weighted by atomic mass is 10.0. The maximum absolute atomic E-state index is 11.4.